The first-order valence-corrected chi connectivity index (χ1v) is 10.2. The van der Waals surface area contributed by atoms with E-state index in [9.17, 15) is 0 Å². The Labute approximate surface area is 167 Å². The molecule has 4 rings (SSSR count). The Kier molecular flexibility index (Phi) is 6.47. The van der Waals surface area contributed by atoms with Crippen LogP contribution in [0.3, 0.4) is 0 Å². The molecule has 0 aliphatic carbocycles. The summed E-state index contributed by atoms with van der Waals surface area (Å²) >= 11 is 0. The van der Waals surface area contributed by atoms with Crippen molar-refractivity contribution in [2.45, 2.75) is 12.5 Å². The number of rotatable bonds is 8. The molecule has 0 amide bonds. The normalized spacial score (nSPS) is 19.6. The summed E-state index contributed by atoms with van der Waals surface area (Å²) in [7, 11) is 1.69. The Balaban J connectivity index is 1.44. The third-order valence-corrected chi connectivity index (χ3v) is 5.57. The van der Waals surface area contributed by atoms with Crippen molar-refractivity contribution in [3.8, 4) is 5.75 Å². The van der Waals surface area contributed by atoms with Gasteiger partial charge in [-0.15, -0.1) is 0 Å². The van der Waals surface area contributed by atoms with Gasteiger partial charge in [-0.3, -0.25) is 4.90 Å². The number of methoxy groups -OCH3 is 1. The lowest BCUT2D eigenvalue weighted by Crippen LogP contribution is -2.39. The standard InChI is InChI=1S/C23H30N2O3/c1-26-13-14-28-21-6-4-5-19(15-21)16-25-18-20(17-24-9-11-27-12-10-24)22-7-2-3-8-23(22)25/h2-8,15,20H,9-14,16-18H2,1H3/t20-/m1/s1. The van der Waals surface area contributed by atoms with E-state index in [2.05, 4.69) is 52.3 Å². The molecule has 0 saturated carbocycles. The van der Waals surface area contributed by atoms with E-state index in [1.807, 2.05) is 6.07 Å². The third kappa shape index (κ3) is 4.66. The smallest absolute Gasteiger partial charge is 0.119 e. The van der Waals surface area contributed by atoms with Gasteiger partial charge in [0.05, 0.1) is 19.8 Å². The van der Waals surface area contributed by atoms with Crippen LogP contribution in [0.15, 0.2) is 48.5 Å². The maximum Gasteiger partial charge on any atom is 0.119 e. The molecule has 0 N–H and O–H groups in total. The van der Waals surface area contributed by atoms with Gasteiger partial charge in [0.15, 0.2) is 0 Å². The van der Waals surface area contributed by atoms with E-state index >= 15 is 0 Å². The molecule has 2 heterocycles. The number of ether oxygens (including phenoxy) is 3. The van der Waals surface area contributed by atoms with Gasteiger partial charge in [0.2, 0.25) is 0 Å². The number of benzene rings is 2. The van der Waals surface area contributed by atoms with Crippen molar-refractivity contribution >= 4 is 5.69 Å². The van der Waals surface area contributed by atoms with Crippen LogP contribution in [0.25, 0.3) is 0 Å². The van der Waals surface area contributed by atoms with Gasteiger partial charge in [-0.05, 0) is 29.3 Å². The quantitative estimate of drug-likeness (QED) is 0.655. The van der Waals surface area contributed by atoms with Gasteiger partial charge >= 0.3 is 0 Å². The second-order valence-corrected chi connectivity index (χ2v) is 7.54. The predicted octanol–water partition coefficient (Wildman–Crippen LogP) is 3.15. The summed E-state index contributed by atoms with van der Waals surface area (Å²) in [5, 5.41) is 0. The molecular formula is C23H30N2O3. The van der Waals surface area contributed by atoms with Crippen LogP contribution in [-0.4, -0.2) is 64.6 Å². The van der Waals surface area contributed by atoms with Crippen LogP contribution in [0.5, 0.6) is 5.75 Å². The monoisotopic (exact) mass is 382 g/mol. The number of hydrogen-bond acceptors (Lipinski definition) is 5. The van der Waals surface area contributed by atoms with Crippen LogP contribution in [0, 0.1) is 0 Å². The zero-order valence-electron chi connectivity index (χ0n) is 16.7. The fourth-order valence-electron chi connectivity index (χ4n) is 4.18. The summed E-state index contributed by atoms with van der Waals surface area (Å²) in [4.78, 5) is 5.05. The molecule has 28 heavy (non-hydrogen) atoms. The topological polar surface area (TPSA) is 34.2 Å². The van der Waals surface area contributed by atoms with Crippen molar-refractivity contribution in [3.05, 3.63) is 59.7 Å². The molecule has 5 nitrogen and oxygen atoms in total. The van der Waals surface area contributed by atoms with Crippen molar-refractivity contribution in [1.82, 2.24) is 4.90 Å². The molecule has 0 bridgehead atoms. The Morgan fingerprint density at radius 1 is 1.04 bits per heavy atom. The molecule has 0 spiro atoms. The minimum absolute atomic E-state index is 0.551. The van der Waals surface area contributed by atoms with Crippen LogP contribution in [0.4, 0.5) is 5.69 Å². The Bertz CT molecular complexity index is 761. The summed E-state index contributed by atoms with van der Waals surface area (Å²) < 4.78 is 16.4. The molecule has 1 fully saturated rings. The molecule has 0 radical (unpaired) electrons. The highest BCUT2D eigenvalue weighted by Crippen LogP contribution is 2.37. The van der Waals surface area contributed by atoms with Crippen molar-refractivity contribution in [2.24, 2.45) is 0 Å². The van der Waals surface area contributed by atoms with Crippen LogP contribution < -0.4 is 9.64 Å². The van der Waals surface area contributed by atoms with Crippen LogP contribution >= 0.6 is 0 Å². The van der Waals surface area contributed by atoms with Gasteiger partial charge in [-0.2, -0.15) is 0 Å². The maximum atomic E-state index is 5.78. The van der Waals surface area contributed by atoms with Crippen LogP contribution in [0.1, 0.15) is 17.0 Å². The number of para-hydroxylation sites is 1. The lowest BCUT2D eigenvalue weighted by atomic mass is 10.0. The second kappa shape index (κ2) is 9.41. The first kappa shape index (κ1) is 19.2. The molecule has 0 aromatic heterocycles. The lowest BCUT2D eigenvalue weighted by Gasteiger charge is -2.29. The summed E-state index contributed by atoms with van der Waals surface area (Å²) in [6, 6.07) is 17.3. The second-order valence-electron chi connectivity index (χ2n) is 7.54. The van der Waals surface area contributed by atoms with Gasteiger partial charge < -0.3 is 19.1 Å². The zero-order chi connectivity index (χ0) is 19.2. The summed E-state index contributed by atoms with van der Waals surface area (Å²) in [5.41, 5.74) is 4.12. The molecule has 150 valence electrons. The molecule has 2 aliphatic heterocycles. The summed E-state index contributed by atoms with van der Waals surface area (Å²) in [6.45, 7) is 8.04. The minimum atomic E-state index is 0.551. The predicted molar refractivity (Wildman–Crippen MR) is 111 cm³/mol. The van der Waals surface area contributed by atoms with Crippen molar-refractivity contribution < 1.29 is 14.2 Å². The maximum absolute atomic E-state index is 5.78. The fraction of sp³-hybridized carbons (Fsp3) is 0.478. The minimum Gasteiger partial charge on any atom is -0.491 e. The first-order chi connectivity index (χ1) is 13.8. The molecule has 2 aliphatic rings. The highest BCUT2D eigenvalue weighted by molar-refractivity contribution is 5.60. The van der Waals surface area contributed by atoms with E-state index < -0.39 is 0 Å². The average Bonchev–Trinajstić information content (AvgIpc) is 3.07. The number of anilines is 1. The van der Waals surface area contributed by atoms with E-state index in [0.717, 1.165) is 51.7 Å². The molecule has 0 unspecified atom stereocenters. The molecular weight excluding hydrogens is 352 g/mol. The van der Waals surface area contributed by atoms with Gasteiger partial charge in [-0.1, -0.05) is 30.3 Å². The van der Waals surface area contributed by atoms with Crippen molar-refractivity contribution in [2.75, 3.05) is 64.6 Å². The van der Waals surface area contributed by atoms with E-state index in [1.54, 1.807) is 7.11 Å². The highest BCUT2D eigenvalue weighted by atomic mass is 16.5. The Hall–Kier alpha value is -2.08. The highest BCUT2D eigenvalue weighted by Gasteiger charge is 2.30. The number of fused-ring (bicyclic) bond motifs is 1. The SMILES string of the molecule is COCCOc1cccc(CN2C[C@@H](CN3CCOCC3)c3ccccc32)c1. The molecule has 1 atom stereocenters. The molecule has 2 aromatic carbocycles. The lowest BCUT2D eigenvalue weighted by molar-refractivity contribution is 0.0356. The Morgan fingerprint density at radius 2 is 1.89 bits per heavy atom. The molecule has 1 saturated heterocycles. The van der Waals surface area contributed by atoms with E-state index in [-0.39, 0.29) is 0 Å². The summed E-state index contributed by atoms with van der Waals surface area (Å²) in [6.07, 6.45) is 0. The van der Waals surface area contributed by atoms with Gasteiger partial charge in [-0.25, -0.2) is 0 Å². The first-order valence-electron chi connectivity index (χ1n) is 10.2. The molecule has 5 heteroatoms. The van der Waals surface area contributed by atoms with Gasteiger partial charge in [0, 0.05) is 51.4 Å². The fourth-order valence-corrected chi connectivity index (χ4v) is 4.18. The number of morpholine rings is 1. The van der Waals surface area contributed by atoms with Gasteiger partial charge in [0.25, 0.3) is 0 Å². The average molecular weight is 383 g/mol. The number of hydrogen-bond donors (Lipinski definition) is 0. The van der Waals surface area contributed by atoms with E-state index in [1.165, 1.54) is 16.8 Å². The van der Waals surface area contributed by atoms with E-state index in [0.29, 0.717) is 19.1 Å². The Morgan fingerprint density at radius 3 is 2.75 bits per heavy atom. The van der Waals surface area contributed by atoms with Crippen molar-refractivity contribution in [1.29, 1.82) is 0 Å². The summed E-state index contributed by atoms with van der Waals surface area (Å²) in [5.74, 6) is 1.46. The van der Waals surface area contributed by atoms with Crippen LogP contribution in [0.2, 0.25) is 0 Å². The van der Waals surface area contributed by atoms with Crippen LogP contribution in [-0.2, 0) is 16.0 Å². The largest absolute Gasteiger partial charge is 0.491 e. The number of nitrogens with zero attached hydrogens (tertiary/aromatic N) is 2. The molecule has 2 aromatic rings. The van der Waals surface area contributed by atoms with Gasteiger partial charge in [0.1, 0.15) is 12.4 Å². The van der Waals surface area contributed by atoms with E-state index in [4.69, 9.17) is 14.2 Å². The zero-order valence-corrected chi connectivity index (χ0v) is 16.7. The van der Waals surface area contributed by atoms with Crippen molar-refractivity contribution in [3.63, 3.8) is 0 Å². The third-order valence-electron chi connectivity index (χ3n) is 5.57.